The number of amides is 1. The van der Waals surface area contributed by atoms with Crippen molar-refractivity contribution in [2.24, 2.45) is 17.8 Å². The van der Waals surface area contributed by atoms with E-state index in [0.29, 0.717) is 67.0 Å². The maximum absolute atomic E-state index is 15.2. The van der Waals surface area contributed by atoms with Crippen molar-refractivity contribution < 1.29 is 23.1 Å². The van der Waals surface area contributed by atoms with E-state index in [2.05, 4.69) is 4.90 Å². The van der Waals surface area contributed by atoms with Crippen molar-refractivity contribution in [3.05, 3.63) is 65.7 Å². The van der Waals surface area contributed by atoms with Crippen LogP contribution in [0.3, 0.4) is 0 Å². The van der Waals surface area contributed by atoms with Gasteiger partial charge >= 0.3 is 6.09 Å². The van der Waals surface area contributed by atoms with E-state index in [4.69, 9.17) is 13.9 Å². The number of piperidine rings is 1. The molecular weight excluding hydrogens is 469 g/mol. The number of fused-ring (bicyclic) bond motifs is 1. The fraction of sp³-hybridized carbons (Fsp3) is 0.423. The Bertz CT molecular complexity index is 1140. The summed E-state index contributed by atoms with van der Waals surface area (Å²) < 4.78 is 31.4. The molecule has 0 radical (unpaired) electrons. The molecule has 184 valence electrons. The zero-order chi connectivity index (χ0) is 23.8. The zero-order valence-electron chi connectivity index (χ0n) is 19.3. The first-order chi connectivity index (χ1) is 17.2. The Labute approximate surface area is 207 Å². The van der Waals surface area contributed by atoms with Crippen LogP contribution in [0.25, 0.3) is 0 Å². The molecule has 0 spiro atoms. The first-order valence-corrected chi connectivity index (χ1v) is 12.9. The standard InChI is InChI=1S/C26H28FN3O4S/c27-23-12-19(3-4-24(23)29-6-9-32-10-7-29)30(26(31)34-25-2-1-11-35-25)16-22-20-14-28(15-21(20)22)13-18-5-8-33-17-18/h1-5,8,11-12,17,20-22H,6-7,9-10,13-16H2. The molecule has 7 nitrogen and oxygen atoms in total. The number of nitrogens with zero attached hydrogens (tertiary/aromatic N) is 3. The number of rotatable bonds is 7. The fourth-order valence-corrected chi connectivity index (χ4v) is 6.03. The van der Waals surface area contributed by atoms with Crippen molar-refractivity contribution in [3.63, 3.8) is 0 Å². The van der Waals surface area contributed by atoms with Gasteiger partial charge in [0, 0.05) is 44.8 Å². The summed E-state index contributed by atoms with van der Waals surface area (Å²) in [6.45, 7) is 5.88. The Morgan fingerprint density at radius 1 is 1.17 bits per heavy atom. The van der Waals surface area contributed by atoms with Crippen molar-refractivity contribution in [1.29, 1.82) is 0 Å². The normalized spacial score (nSPS) is 23.8. The minimum atomic E-state index is -0.466. The molecule has 2 atom stereocenters. The highest BCUT2D eigenvalue weighted by molar-refractivity contribution is 7.11. The Morgan fingerprint density at radius 3 is 2.69 bits per heavy atom. The second kappa shape index (κ2) is 9.64. The molecule has 2 aliphatic heterocycles. The van der Waals surface area contributed by atoms with Gasteiger partial charge in [0.1, 0.15) is 5.82 Å². The molecule has 0 N–H and O–H groups in total. The lowest BCUT2D eigenvalue weighted by Crippen LogP contribution is -2.38. The average molecular weight is 498 g/mol. The fourth-order valence-electron chi connectivity index (χ4n) is 5.46. The molecule has 2 aromatic heterocycles. The minimum Gasteiger partial charge on any atom is -0.472 e. The largest absolute Gasteiger partial charge is 0.472 e. The lowest BCUT2D eigenvalue weighted by molar-refractivity contribution is 0.122. The number of benzene rings is 1. The summed E-state index contributed by atoms with van der Waals surface area (Å²) in [5.74, 6) is 1.13. The lowest BCUT2D eigenvalue weighted by atomic mass is 10.2. The quantitative estimate of drug-likeness (QED) is 0.472. The lowest BCUT2D eigenvalue weighted by Gasteiger charge is -2.30. The minimum absolute atomic E-state index is 0.333. The Balaban J connectivity index is 1.16. The zero-order valence-corrected chi connectivity index (χ0v) is 20.2. The number of anilines is 2. The van der Waals surface area contributed by atoms with Crippen molar-refractivity contribution in [3.8, 4) is 5.06 Å². The molecule has 1 aromatic carbocycles. The van der Waals surface area contributed by atoms with E-state index < -0.39 is 6.09 Å². The van der Waals surface area contributed by atoms with E-state index in [1.165, 1.54) is 23.0 Å². The highest BCUT2D eigenvalue weighted by atomic mass is 32.1. The summed E-state index contributed by atoms with van der Waals surface area (Å²) in [5, 5.41) is 2.40. The maximum atomic E-state index is 15.2. The van der Waals surface area contributed by atoms with Crippen LogP contribution < -0.4 is 14.5 Å². The summed E-state index contributed by atoms with van der Waals surface area (Å²) in [6.07, 6.45) is 3.03. The Hall–Kier alpha value is -2.88. The third kappa shape index (κ3) is 4.80. The second-order valence-electron chi connectivity index (χ2n) is 9.46. The van der Waals surface area contributed by atoms with Gasteiger partial charge in [0.05, 0.1) is 37.1 Å². The second-order valence-corrected chi connectivity index (χ2v) is 10.4. The smallest absolute Gasteiger partial charge is 0.420 e. The molecule has 4 heterocycles. The predicted molar refractivity (Wildman–Crippen MR) is 132 cm³/mol. The van der Waals surface area contributed by atoms with E-state index in [9.17, 15) is 4.79 Å². The van der Waals surface area contributed by atoms with Crippen LogP contribution in [0.1, 0.15) is 5.56 Å². The van der Waals surface area contributed by atoms with E-state index in [0.717, 1.165) is 19.6 Å². The van der Waals surface area contributed by atoms with E-state index in [1.54, 1.807) is 29.6 Å². The summed E-state index contributed by atoms with van der Waals surface area (Å²) in [5.41, 5.74) is 2.25. The number of carbonyl (C=O) groups is 1. The van der Waals surface area contributed by atoms with Gasteiger partial charge in [-0.25, -0.2) is 9.18 Å². The molecule has 1 aliphatic carbocycles. The summed E-state index contributed by atoms with van der Waals surface area (Å²) >= 11 is 1.36. The SMILES string of the molecule is O=C(Oc1cccs1)N(CC1C2CN(Cc3ccoc3)CC21)c1ccc(N2CCOCC2)c(F)c1. The number of ether oxygens (including phenoxy) is 2. The molecule has 9 heteroatoms. The number of morpholine rings is 1. The van der Waals surface area contributed by atoms with Crippen LogP contribution in [-0.2, 0) is 11.3 Å². The highest BCUT2D eigenvalue weighted by Gasteiger charge is 2.56. The summed E-state index contributed by atoms with van der Waals surface area (Å²) in [4.78, 5) is 19.2. The Morgan fingerprint density at radius 2 is 2.00 bits per heavy atom. The monoisotopic (exact) mass is 497 g/mol. The van der Waals surface area contributed by atoms with Crippen LogP contribution in [0.2, 0.25) is 0 Å². The van der Waals surface area contributed by atoms with Gasteiger partial charge in [0.15, 0.2) is 5.06 Å². The highest BCUT2D eigenvalue weighted by Crippen LogP contribution is 2.52. The van der Waals surface area contributed by atoms with Gasteiger partial charge in [-0.05, 0) is 59.5 Å². The number of furan rings is 1. The molecule has 3 aromatic rings. The molecule has 35 heavy (non-hydrogen) atoms. The molecule has 6 rings (SSSR count). The number of hydrogen-bond acceptors (Lipinski definition) is 7. The first-order valence-electron chi connectivity index (χ1n) is 12.0. The third-order valence-corrected chi connectivity index (χ3v) is 8.07. The average Bonchev–Trinajstić information content (AvgIpc) is 3.41. The molecule has 2 unspecified atom stereocenters. The van der Waals surface area contributed by atoms with Crippen LogP contribution in [0, 0.1) is 23.6 Å². The first kappa shape index (κ1) is 22.6. The number of halogens is 1. The van der Waals surface area contributed by atoms with Crippen LogP contribution in [0.4, 0.5) is 20.6 Å². The molecule has 2 saturated heterocycles. The van der Waals surface area contributed by atoms with Gasteiger partial charge in [-0.15, -0.1) is 11.3 Å². The van der Waals surface area contributed by atoms with E-state index in [1.807, 2.05) is 28.5 Å². The van der Waals surface area contributed by atoms with Crippen molar-refractivity contribution in [2.45, 2.75) is 6.54 Å². The molecule has 3 fully saturated rings. The van der Waals surface area contributed by atoms with Crippen LogP contribution >= 0.6 is 11.3 Å². The van der Waals surface area contributed by atoms with E-state index >= 15 is 4.39 Å². The van der Waals surface area contributed by atoms with Gasteiger partial charge in [0.2, 0.25) is 0 Å². The predicted octanol–water partition coefficient (Wildman–Crippen LogP) is 4.70. The van der Waals surface area contributed by atoms with Gasteiger partial charge in [-0.3, -0.25) is 9.80 Å². The third-order valence-electron chi connectivity index (χ3n) is 7.32. The molecule has 1 amide bonds. The van der Waals surface area contributed by atoms with Crippen molar-refractivity contribution in [1.82, 2.24) is 4.90 Å². The van der Waals surface area contributed by atoms with Crippen molar-refractivity contribution in [2.75, 3.05) is 55.7 Å². The number of thiophene rings is 1. The van der Waals surface area contributed by atoms with Crippen LogP contribution in [0.5, 0.6) is 5.06 Å². The maximum Gasteiger partial charge on any atom is 0.420 e. The van der Waals surface area contributed by atoms with Gasteiger partial charge in [-0.1, -0.05) is 0 Å². The number of carbonyl (C=O) groups excluding carboxylic acids is 1. The van der Waals surface area contributed by atoms with E-state index in [-0.39, 0.29) is 5.82 Å². The van der Waals surface area contributed by atoms with Crippen LogP contribution in [-0.4, -0.2) is 56.9 Å². The van der Waals surface area contributed by atoms with Crippen molar-refractivity contribution >= 4 is 28.8 Å². The van der Waals surface area contributed by atoms with Gasteiger partial charge in [-0.2, -0.15) is 0 Å². The van der Waals surface area contributed by atoms with Crippen LogP contribution in [0.15, 0.2) is 58.7 Å². The molecule has 0 bridgehead atoms. The molecule has 1 saturated carbocycles. The van der Waals surface area contributed by atoms with Gasteiger partial charge < -0.3 is 18.8 Å². The summed E-state index contributed by atoms with van der Waals surface area (Å²) in [7, 11) is 0. The Kier molecular flexibility index (Phi) is 6.22. The molecular formula is C26H28FN3O4S. The topological polar surface area (TPSA) is 58.4 Å². The molecule has 3 aliphatic rings. The number of hydrogen-bond donors (Lipinski definition) is 0. The van der Waals surface area contributed by atoms with Gasteiger partial charge in [0.25, 0.3) is 0 Å². The summed E-state index contributed by atoms with van der Waals surface area (Å²) in [6, 6.07) is 10.7. The number of likely N-dealkylation sites (tertiary alicyclic amines) is 1.